The van der Waals surface area contributed by atoms with Crippen LogP contribution >= 0.6 is 11.6 Å². The summed E-state index contributed by atoms with van der Waals surface area (Å²) in [6.45, 7) is 2.88. The van der Waals surface area contributed by atoms with Crippen LogP contribution in [-0.4, -0.2) is 31.5 Å². The Balaban J connectivity index is 2.43. The van der Waals surface area contributed by atoms with E-state index in [1.54, 1.807) is 7.11 Å². The summed E-state index contributed by atoms with van der Waals surface area (Å²) in [6, 6.07) is 7.85. The Bertz CT molecular complexity index is 320. The molecule has 0 aliphatic heterocycles. The van der Waals surface area contributed by atoms with Crippen LogP contribution in [0.1, 0.15) is 18.5 Å². The zero-order valence-corrected chi connectivity index (χ0v) is 10.4. The zero-order valence-electron chi connectivity index (χ0n) is 9.61. The molecule has 0 saturated carbocycles. The first-order chi connectivity index (χ1) is 7.63. The number of aliphatic hydroxyl groups is 1. The zero-order chi connectivity index (χ0) is 12.0. The van der Waals surface area contributed by atoms with E-state index in [-0.39, 0.29) is 6.04 Å². The van der Waals surface area contributed by atoms with Crippen LogP contribution < -0.4 is 5.32 Å². The number of nitrogens with one attached hydrogen (secondary N) is 1. The van der Waals surface area contributed by atoms with Crippen molar-refractivity contribution in [2.24, 2.45) is 0 Å². The molecule has 2 atom stereocenters. The molecule has 2 N–H and O–H groups in total. The van der Waals surface area contributed by atoms with E-state index in [0.717, 1.165) is 10.6 Å². The van der Waals surface area contributed by atoms with Gasteiger partial charge in [0.05, 0.1) is 12.7 Å². The second-order valence-corrected chi connectivity index (χ2v) is 4.23. The molecule has 4 heteroatoms. The number of hydrogen-bond donors (Lipinski definition) is 2. The standard InChI is InChI=1S/C12H18ClNO2/c1-9(14-7-12(15)8-16-2)10-4-3-5-11(13)6-10/h3-6,9,12,14-15H,7-8H2,1-2H3/t9-,12?/m0/s1. The van der Waals surface area contributed by atoms with Gasteiger partial charge in [0.2, 0.25) is 0 Å². The van der Waals surface area contributed by atoms with E-state index in [1.807, 2.05) is 31.2 Å². The highest BCUT2D eigenvalue weighted by Gasteiger charge is 2.08. The van der Waals surface area contributed by atoms with Crippen molar-refractivity contribution in [3.63, 3.8) is 0 Å². The molecule has 0 aromatic heterocycles. The van der Waals surface area contributed by atoms with E-state index in [2.05, 4.69) is 5.32 Å². The van der Waals surface area contributed by atoms with Gasteiger partial charge in [-0.15, -0.1) is 0 Å². The molecule has 0 bridgehead atoms. The minimum atomic E-state index is -0.480. The smallest absolute Gasteiger partial charge is 0.0897 e. The molecular weight excluding hydrogens is 226 g/mol. The average Bonchev–Trinajstić information content (AvgIpc) is 2.26. The number of benzene rings is 1. The first-order valence-corrected chi connectivity index (χ1v) is 5.67. The predicted molar refractivity (Wildman–Crippen MR) is 65.8 cm³/mol. The molecule has 0 aliphatic rings. The van der Waals surface area contributed by atoms with Gasteiger partial charge in [0.25, 0.3) is 0 Å². The molecular formula is C12H18ClNO2. The van der Waals surface area contributed by atoms with Crippen LogP contribution in [0.25, 0.3) is 0 Å². The van der Waals surface area contributed by atoms with E-state index in [1.165, 1.54) is 0 Å². The van der Waals surface area contributed by atoms with Crippen molar-refractivity contribution in [2.45, 2.75) is 19.1 Å². The Morgan fingerprint density at radius 2 is 2.25 bits per heavy atom. The number of methoxy groups -OCH3 is 1. The van der Waals surface area contributed by atoms with Crippen LogP contribution in [-0.2, 0) is 4.74 Å². The van der Waals surface area contributed by atoms with Gasteiger partial charge in [-0.3, -0.25) is 0 Å². The van der Waals surface area contributed by atoms with Crippen molar-refractivity contribution in [3.8, 4) is 0 Å². The van der Waals surface area contributed by atoms with Gasteiger partial charge in [0.1, 0.15) is 0 Å². The molecule has 1 aromatic rings. The lowest BCUT2D eigenvalue weighted by Gasteiger charge is -2.17. The quantitative estimate of drug-likeness (QED) is 0.803. The SMILES string of the molecule is COCC(O)CN[C@@H](C)c1cccc(Cl)c1. The maximum atomic E-state index is 9.49. The van der Waals surface area contributed by atoms with Gasteiger partial charge in [-0.25, -0.2) is 0 Å². The van der Waals surface area contributed by atoms with Gasteiger partial charge >= 0.3 is 0 Å². The molecule has 1 rings (SSSR count). The van der Waals surface area contributed by atoms with Gasteiger partial charge in [-0.05, 0) is 24.6 Å². The highest BCUT2D eigenvalue weighted by molar-refractivity contribution is 6.30. The molecule has 3 nitrogen and oxygen atoms in total. The van der Waals surface area contributed by atoms with E-state index in [4.69, 9.17) is 16.3 Å². The third-order valence-electron chi connectivity index (χ3n) is 2.37. The highest BCUT2D eigenvalue weighted by atomic mass is 35.5. The molecule has 0 fully saturated rings. The molecule has 0 saturated heterocycles. The largest absolute Gasteiger partial charge is 0.389 e. The summed E-state index contributed by atoms with van der Waals surface area (Å²) in [4.78, 5) is 0. The van der Waals surface area contributed by atoms with Crippen molar-refractivity contribution < 1.29 is 9.84 Å². The second kappa shape index (κ2) is 6.86. The number of halogens is 1. The Morgan fingerprint density at radius 3 is 2.88 bits per heavy atom. The number of aliphatic hydroxyl groups excluding tert-OH is 1. The van der Waals surface area contributed by atoms with Crippen LogP contribution in [0.5, 0.6) is 0 Å². The van der Waals surface area contributed by atoms with E-state index in [9.17, 15) is 5.11 Å². The lowest BCUT2D eigenvalue weighted by Crippen LogP contribution is -2.31. The molecule has 0 spiro atoms. The summed E-state index contributed by atoms with van der Waals surface area (Å²) in [5.74, 6) is 0. The molecule has 0 amide bonds. The molecule has 1 unspecified atom stereocenters. The molecule has 0 radical (unpaired) electrons. The predicted octanol–water partition coefficient (Wildman–Crippen LogP) is 2.00. The number of hydrogen-bond acceptors (Lipinski definition) is 3. The van der Waals surface area contributed by atoms with Crippen molar-refractivity contribution in [2.75, 3.05) is 20.3 Å². The normalized spacial score (nSPS) is 14.8. The highest BCUT2D eigenvalue weighted by Crippen LogP contribution is 2.17. The topological polar surface area (TPSA) is 41.5 Å². The third-order valence-corrected chi connectivity index (χ3v) is 2.60. The van der Waals surface area contributed by atoms with Gasteiger partial charge < -0.3 is 15.2 Å². The van der Waals surface area contributed by atoms with Crippen molar-refractivity contribution in [3.05, 3.63) is 34.9 Å². The van der Waals surface area contributed by atoms with Gasteiger partial charge in [-0.2, -0.15) is 0 Å². The first kappa shape index (κ1) is 13.5. The maximum Gasteiger partial charge on any atom is 0.0897 e. The molecule has 16 heavy (non-hydrogen) atoms. The fourth-order valence-corrected chi connectivity index (χ4v) is 1.66. The third kappa shape index (κ3) is 4.49. The summed E-state index contributed by atoms with van der Waals surface area (Å²) >= 11 is 5.90. The van der Waals surface area contributed by atoms with Gasteiger partial charge in [0, 0.05) is 24.7 Å². The minimum absolute atomic E-state index is 0.158. The van der Waals surface area contributed by atoms with Crippen LogP contribution in [0.3, 0.4) is 0 Å². The summed E-state index contributed by atoms with van der Waals surface area (Å²) in [7, 11) is 1.57. The molecule has 1 aromatic carbocycles. The van der Waals surface area contributed by atoms with Crippen molar-refractivity contribution in [1.29, 1.82) is 0 Å². The fraction of sp³-hybridized carbons (Fsp3) is 0.500. The van der Waals surface area contributed by atoms with Gasteiger partial charge in [-0.1, -0.05) is 23.7 Å². The van der Waals surface area contributed by atoms with Crippen LogP contribution in [0.4, 0.5) is 0 Å². The van der Waals surface area contributed by atoms with Crippen molar-refractivity contribution in [1.82, 2.24) is 5.32 Å². The average molecular weight is 244 g/mol. The number of ether oxygens (including phenoxy) is 1. The summed E-state index contributed by atoms with van der Waals surface area (Å²) in [5, 5.41) is 13.4. The lowest BCUT2D eigenvalue weighted by molar-refractivity contribution is 0.0630. The molecule has 0 heterocycles. The minimum Gasteiger partial charge on any atom is -0.389 e. The van der Waals surface area contributed by atoms with Crippen LogP contribution in [0.15, 0.2) is 24.3 Å². The fourth-order valence-electron chi connectivity index (χ4n) is 1.46. The van der Waals surface area contributed by atoms with E-state index < -0.39 is 6.10 Å². The summed E-state index contributed by atoms with van der Waals surface area (Å²) in [5.41, 5.74) is 1.11. The van der Waals surface area contributed by atoms with Crippen LogP contribution in [0, 0.1) is 0 Å². The second-order valence-electron chi connectivity index (χ2n) is 3.79. The first-order valence-electron chi connectivity index (χ1n) is 5.29. The monoisotopic (exact) mass is 243 g/mol. The summed E-state index contributed by atoms with van der Waals surface area (Å²) < 4.78 is 4.85. The number of rotatable bonds is 6. The van der Waals surface area contributed by atoms with Gasteiger partial charge in [0.15, 0.2) is 0 Å². The van der Waals surface area contributed by atoms with E-state index in [0.29, 0.717) is 13.2 Å². The Morgan fingerprint density at radius 1 is 1.50 bits per heavy atom. The Hall–Kier alpha value is -0.610. The Kier molecular flexibility index (Phi) is 5.77. The molecule has 0 aliphatic carbocycles. The summed E-state index contributed by atoms with van der Waals surface area (Å²) in [6.07, 6.45) is -0.480. The molecule has 90 valence electrons. The lowest BCUT2D eigenvalue weighted by atomic mass is 10.1. The maximum absolute atomic E-state index is 9.49. The van der Waals surface area contributed by atoms with E-state index >= 15 is 0 Å². The van der Waals surface area contributed by atoms with Crippen LogP contribution in [0.2, 0.25) is 5.02 Å². The Labute approximate surface area is 101 Å². The van der Waals surface area contributed by atoms with Crippen molar-refractivity contribution >= 4 is 11.6 Å².